The lowest BCUT2D eigenvalue weighted by Gasteiger charge is -2.18. The third-order valence-electron chi connectivity index (χ3n) is 4.51. The molecule has 29 heavy (non-hydrogen) atoms. The van der Waals surface area contributed by atoms with Gasteiger partial charge in [-0.15, -0.1) is 0 Å². The third-order valence-corrected chi connectivity index (χ3v) is 4.51. The van der Waals surface area contributed by atoms with Gasteiger partial charge < -0.3 is 19.3 Å². The van der Waals surface area contributed by atoms with Crippen LogP contribution < -0.4 is 14.8 Å². The molecule has 0 aliphatic carbocycles. The minimum Gasteiger partial charge on any atom is -0.497 e. The first kappa shape index (κ1) is 20.4. The van der Waals surface area contributed by atoms with Gasteiger partial charge in [0, 0.05) is 5.56 Å². The highest BCUT2D eigenvalue weighted by atomic mass is 16.5. The van der Waals surface area contributed by atoms with Crippen LogP contribution in [0.15, 0.2) is 47.0 Å². The molecular formula is C22H25N3O4. The molecule has 7 nitrogen and oxygen atoms in total. The fourth-order valence-corrected chi connectivity index (χ4v) is 2.77. The standard InChI is InChI=1S/C22H25N3O4/c1-5-18(28-19-12-14(2)6-7-15(19)3)22(26)23-13-20-24-21(25-29-20)16-8-10-17(27-4)11-9-16/h6-12,18H,5,13H2,1-4H3,(H,23,26). The quantitative estimate of drug-likeness (QED) is 0.624. The molecule has 0 saturated carbocycles. The summed E-state index contributed by atoms with van der Waals surface area (Å²) >= 11 is 0. The Kier molecular flexibility index (Phi) is 6.49. The Bertz CT molecular complexity index is 966. The van der Waals surface area contributed by atoms with Crippen molar-refractivity contribution >= 4 is 5.91 Å². The highest BCUT2D eigenvalue weighted by molar-refractivity contribution is 5.81. The number of carbonyl (C=O) groups excluding carboxylic acids is 1. The first-order valence-electron chi connectivity index (χ1n) is 9.48. The molecule has 2 aromatic carbocycles. The van der Waals surface area contributed by atoms with E-state index >= 15 is 0 Å². The number of amides is 1. The number of benzene rings is 2. The van der Waals surface area contributed by atoms with Gasteiger partial charge in [-0.2, -0.15) is 4.98 Å². The van der Waals surface area contributed by atoms with E-state index in [0.717, 1.165) is 22.4 Å². The van der Waals surface area contributed by atoms with Gasteiger partial charge in [-0.25, -0.2) is 0 Å². The van der Waals surface area contributed by atoms with E-state index in [1.807, 2.05) is 63.2 Å². The van der Waals surface area contributed by atoms with Crippen molar-refractivity contribution in [2.24, 2.45) is 0 Å². The van der Waals surface area contributed by atoms with Crippen molar-refractivity contribution in [3.8, 4) is 22.9 Å². The zero-order valence-corrected chi connectivity index (χ0v) is 17.1. The maximum Gasteiger partial charge on any atom is 0.261 e. The Morgan fingerprint density at radius 2 is 1.93 bits per heavy atom. The second kappa shape index (κ2) is 9.23. The summed E-state index contributed by atoms with van der Waals surface area (Å²) in [7, 11) is 1.61. The minimum absolute atomic E-state index is 0.134. The zero-order chi connectivity index (χ0) is 20.8. The predicted octanol–water partition coefficient (Wildman–Crippen LogP) is 3.84. The van der Waals surface area contributed by atoms with Crippen LogP contribution in [0.4, 0.5) is 0 Å². The molecule has 1 N–H and O–H groups in total. The predicted molar refractivity (Wildman–Crippen MR) is 109 cm³/mol. The van der Waals surface area contributed by atoms with E-state index in [0.29, 0.717) is 23.9 Å². The molecule has 0 aliphatic heterocycles. The molecule has 3 aromatic rings. The van der Waals surface area contributed by atoms with Crippen molar-refractivity contribution in [2.45, 2.75) is 39.8 Å². The van der Waals surface area contributed by atoms with Gasteiger partial charge in [-0.3, -0.25) is 4.79 Å². The van der Waals surface area contributed by atoms with E-state index < -0.39 is 6.10 Å². The normalized spacial score (nSPS) is 11.7. The Hall–Kier alpha value is -3.35. The Morgan fingerprint density at radius 1 is 1.17 bits per heavy atom. The lowest BCUT2D eigenvalue weighted by atomic mass is 10.1. The summed E-state index contributed by atoms with van der Waals surface area (Å²) < 4.78 is 16.3. The fraction of sp³-hybridized carbons (Fsp3) is 0.318. The van der Waals surface area contributed by atoms with Crippen LogP contribution >= 0.6 is 0 Å². The molecule has 1 heterocycles. The summed E-state index contributed by atoms with van der Waals surface area (Å²) in [5.74, 6) is 2.02. The van der Waals surface area contributed by atoms with Crippen LogP contribution in [0.5, 0.6) is 11.5 Å². The van der Waals surface area contributed by atoms with Crippen LogP contribution in [0, 0.1) is 13.8 Å². The van der Waals surface area contributed by atoms with Gasteiger partial charge in [0.1, 0.15) is 11.5 Å². The lowest BCUT2D eigenvalue weighted by molar-refractivity contribution is -0.128. The van der Waals surface area contributed by atoms with Gasteiger partial charge in [0.2, 0.25) is 11.7 Å². The number of ether oxygens (including phenoxy) is 2. The summed E-state index contributed by atoms with van der Waals surface area (Å²) in [5, 5.41) is 6.77. The fourth-order valence-electron chi connectivity index (χ4n) is 2.77. The molecule has 1 unspecified atom stereocenters. The molecule has 0 fully saturated rings. The Labute approximate surface area is 170 Å². The summed E-state index contributed by atoms with van der Waals surface area (Å²) in [5.41, 5.74) is 2.87. The van der Waals surface area contributed by atoms with Gasteiger partial charge >= 0.3 is 0 Å². The summed E-state index contributed by atoms with van der Waals surface area (Å²) in [6.45, 7) is 5.99. The number of hydrogen-bond donors (Lipinski definition) is 1. The summed E-state index contributed by atoms with van der Waals surface area (Å²) in [6, 6.07) is 13.3. The van der Waals surface area contributed by atoms with Crippen molar-refractivity contribution in [1.82, 2.24) is 15.5 Å². The molecule has 3 rings (SSSR count). The van der Waals surface area contributed by atoms with Crippen LogP contribution in [0.3, 0.4) is 0 Å². The highest BCUT2D eigenvalue weighted by Gasteiger charge is 2.20. The zero-order valence-electron chi connectivity index (χ0n) is 17.1. The highest BCUT2D eigenvalue weighted by Crippen LogP contribution is 2.22. The van der Waals surface area contributed by atoms with Crippen molar-refractivity contribution in [1.29, 1.82) is 0 Å². The van der Waals surface area contributed by atoms with Gasteiger partial charge in [0.05, 0.1) is 13.7 Å². The summed E-state index contributed by atoms with van der Waals surface area (Å²) in [4.78, 5) is 16.9. The molecule has 1 atom stereocenters. The number of hydrogen-bond acceptors (Lipinski definition) is 6. The second-order valence-corrected chi connectivity index (χ2v) is 6.74. The van der Waals surface area contributed by atoms with E-state index in [-0.39, 0.29) is 12.5 Å². The van der Waals surface area contributed by atoms with Gasteiger partial charge in [0.25, 0.3) is 5.91 Å². The number of methoxy groups -OCH3 is 1. The third kappa shape index (κ3) is 5.13. The van der Waals surface area contributed by atoms with E-state index in [4.69, 9.17) is 14.0 Å². The molecule has 152 valence electrons. The molecule has 1 aromatic heterocycles. The largest absolute Gasteiger partial charge is 0.497 e. The topological polar surface area (TPSA) is 86.5 Å². The van der Waals surface area contributed by atoms with Gasteiger partial charge in [0.15, 0.2) is 6.10 Å². The number of carbonyl (C=O) groups is 1. The van der Waals surface area contributed by atoms with E-state index in [9.17, 15) is 4.79 Å². The van der Waals surface area contributed by atoms with E-state index in [1.165, 1.54) is 0 Å². The van der Waals surface area contributed by atoms with Crippen LogP contribution in [0.1, 0.15) is 30.4 Å². The Morgan fingerprint density at radius 3 is 2.62 bits per heavy atom. The SMILES string of the molecule is CCC(Oc1cc(C)ccc1C)C(=O)NCc1nc(-c2ccc(OC)cc2)no1. The van der Waals surface area contributed by atoms with Crippen molar-refractivity contribution in [2.75, 3.05) is 7.11 Å². The van der Waals surface area contributed by atoms with Crippen LogP contribution in [-0.2, 0) is 11.3 Å². The first-order valence-corrected chi connectivity index (χ1v) is 9.48. The molecule has 7 heteroatoms. The number of aromatic nitrogens is 2. The monoisotopic (exact) mass is 395 g/mol. The maximum atomic E-state index is 12.6. The molecular weight excluding hydrogens is 370 g/mol. The van der Waals surface area contributed by atoms with Gasteiger partial charge in [-0.05, 0) is 61.7 Å². The van der Waals surface area contributed by atoms with Crippen LogP contribution in [0.25, 0.3) is 11.4 Å². The molecule has 0 aliphatic rings. The van der Waals surface area contributed by atoms with Crippen molar-refractivity contribution < 1.29 is 18.8 Å². The van der Waals surface area contributed by atoms with Crippen LogP contribution in [0.2, 0.25) is 0 Å². The van der Waals surface area contributed by atoms with Crippen LogP contribution in [-0.4, -0.2) is 29.3 Å². The van der Waals surface area contributed by atoms with Crippen molar-refractivity contribution in [3.63, 3.8) is 0 Å². The van der Waals surface area contributed by atoms with Gasteiger partial charge in [-0.1, -0.05) is 24.2 Å². The molecule has 0 saturated heterocycles. The number of rotatable bonds is 8. The minimum atomic E-state index is -0.598. The molecule has 1 amide bonds. The number of aryl methyl sites for hydroxylation is 2. The lowest BCUT2D eigenvalue weighted by Crippen LogP contribution is -2.37. The second-order valence-electron chi connectivity index (χ2n) is 6.74. The van der Waals surface area contributed by atoms with E-state index in [2.05, 4.69) is 15.5 Å². The average molecular weight is 395 g/mol. The first-order chi connectivity index (χ1) is 14.0. The van der Waals surface area contributed by atoms with E-state index in [1.54, 1.807) is 7.11 Å². The van der Waals surface area contributed by atoms with Crippen molar-refractivity contribution in [3.05, 3.63) is 59.5 Å². The Balaban J connectivity index is 1.60. The number of nitrogens with zero attached hydrogens (tertiary/aromatic N) is 2. The smallest absolute Gasteiger partial charge is 0.261 e. The molecule has 0 spiro atoms. The maximum absolute atomic E-state index is 12.6. The molecule has 0 radical (unpaired) electrons. The molecule has 0 bridgehead atoms. The number of nitrogens with one attached hydrogen (secondary N) is 1. The average Bonchev–Trinajstić information content (AvgIpc) is 3.21. The summed E-state index contributed by atoms with van der Waals surface area (Å²) in [6.07, 6.45) is -0.0559.